The molecule has 1 atom stereocenters. The Morgan fingerprint density at radius 2 is 1.97 bits per heavy atom. The standard InChI is InChI=1S/C22H17N3O4S2/c1-10-6-7-13-15(9-10)31-22(24-13)25-17(14-5-4-8-29-14)16(19(27)21(25)28)18(26)20-11(2)23-12(3)30-20/h4-9,17,27H,1-3H3. The second-order valence-corrected chi connectivity index (χ2v) is 9.51. The van der Waals surface area contributed by atoms with Crippen molar-refractivity contribution in [3.63, 3.8) is 0 Å². The summed E-state index contributed by atoms with van der Waals surface area (Å²) in [4.78, 5) is 37.3. The summed E-state index contributed by atoms with van der Waals surface area (Å²) in [7, 11) is 0. The van der Waals surface area contributed by atoms with E-state index >= 15 is 0 Å². The van der Waals surface area contributed by atoms with Gasteiger partial charge in [0, 0.05) is 0 Å². The van der Waals surface area contributed by atoms with Crippen molar-refractivity contribution in [2.75, 3.05) is 4.90 Å². The van der Waals surface area contributed by atoms with E-state index in [0.29, 0.717) is 21.5 Å². The molecule has 156 valence electrons. The van der Waals surface area contributed by atoms with E-state index in [1.54, 1.807) is 19.1 Å². The van der Waals surface area contributed by atoms with Crippen molar-refractivity contribution in [1.29, 1.82) is 0 Å². The summed E-state index contributed by atoms with van der Waals surface area (Å²) >= 11 is 2.56. The molecule has 1 amide bonds. The predicted molar refractivity (Wildman–Crippen MR) is 119 cm³/mol. The van der Waals surface area contributed by atoms with Gasteiger partial charge in [-0.3, -0.25) is 14.5 Å². The quantitative estimate of drug-likeness (QED) is 0.436. The van der Waals surface area contributed by atoms with E-state index in [-0.39, 0.29) is 5.57 Å². The number of aliphatic hydroxyl groups excluding tert-OH is 1. The molecule has 0 saturated carbocycles. The fourth-order valence-corrected chi connectivity index (χ4v) is 5.70. The lowest BCUT2D eigenvalue weighted by molar-refractivity contribution is -0.117. The van der Waals surface area contributed by atoms with Gasteiger partial charge in [-0.1, -0.05) is 17.4 Å². The molecular weight excluding hydrogens is 434 g/mol. The van der Waals surface area contributed by atoms with Crippen LogP contribution in [0.2, 0.25) is 0 Å². The summed E-state index contributed by atoms with van der Waals surface area (Å²) in [6, 6.07) is 8.26. The van der Waals surface area contributed by atoms with Gasteiger partial charge >= 0.3 is 0 Å². The Bertz CT molecular complexity index is 1380. The largest absolute Gasteiger partial charge is 0.503 e. The molecule has 4 heterocycles. The number of aliphatic hydroxyl groups is 1. The number of benzene rings is 1. The molecular formula is C22H17N3O4S2. The number of aryl methyl sites for hydroxylation is 3. The SMILES string of the molecule is Cc1ccc2nc(N3C(=O)C(O)=C(C(=O)c4sc(C)nc4C)C3c3ccco3)sc2c1. The number of carbonyl (C=O) groups is 2. The van der Waals surface area contributed by atoms with Crippen LogP contribution in [0.3, 0.4) is 0 Å². The van der Waals surface area contributed by atoms with Crippen LogP contribution in [0, 0.1) is 20.8 Å². The third-order valence-corrected chi connectivity index (χ3v) is 7.20. The highest BCUT2D eigenvalue weighted by Crippen LogP contribution is 2.44. The summed E-state index contributed by atoms with van der Waals surface area (Å²) in [5.41, 5.74) is 2.35. The summed E-state index contributed by atoms with van der Waals surface area (Å²) in [6.07, 6.45) is 1.47. The molecule has 0 radical (unpaired) electrons. The van der Waals surface area contributed by atoms with Gasteiger partial charge in [-0.2, -0.15) is 0 Å². The number of Topliss-reactive ketones (excluding diaryl/α,β-unsaturated/α-hetero) is 1. The minimum absolute atomic E-state index is 0.0258. The molecule has 4 aromatic rings. The van der Waals surface area contributed by atoms with Crippen LogP contribution in [-0.4, -0.2) is 26.8 Å². The van der Waals surface area contributed by atoms with Crippen LogP contribution in [0.1, 0.15) is 37.7 Å². The zero-order chi connectivity index (χ0) is 21.9. The maximum absolute atomic E-state index is 13.5. The number of hydrogen-bond donors (Lipinski definition) is 1. The normalized spacial score (nSPS) is 16.7. The molecule has 1 aromatic carbocycles. The van der Waals surface area contributed by atoms with Crippen molar-refractivity contribution in [2.24, 2.45) is 0 Å². The molecule has 5 rings (SSSR count). The van der Waals surface area contributed by atoms with E-state index in [1.807, 2.05) is 32.0 Å². The van der Waals surface area contributed by atoms with Crippen LogP contribution in [0.5, 0.6) is 0 Å². The molecule has 1 aliphatic rings. The number of amides is 1. The summed E-state index contributed by atoms with van der Waals surface area (Å²) < 4.78 is 6.50. The zero-order valence-corrected chi connectivity index (χ0v) is 18.5. The van der Waals surface area contributed by atoms with Crippen LogP contribution in [-0.2, 0) is 4.79 Å². The lowest BCUT2D eigenvalue weighted by Gasteiger charge is -2.22. The number of nitrogens with zero attached hydrogens (tertiary/aromatic N) is 3. The van der Waals surface area contributed by atoms with Crippen LogP contribution in [0.4, 0.5) is 5.13 Å². The molecule has 0 aliphatic carbocycles. The van der Waals surface area contributed by atoms with Crippen molar-refractivity contribution in [3.8, 4) is 0 Å². The number of furan rings is 1. The Hall–Kier alpha value is -3.30. The van der Waals surface area contributed by atoms with Gasteiger partial charge in [-0.15, -0.1) is 11.3 Å². The van der Waals surface area contributed by atoms with Crippen molar-refractivity contribution in [3.05, 3.63) is 74.8 Å². The van der Waals surface area contributed by atoms with Gasteiger partial charge in [0.25, 0.3) is 5.91 Å². The van der Waals surface area contributed by atoms with Gasteiger partial charge in [0.2, 0.25) is 5.78 Å². The maximum Gasteiger partial charge on any atom is 0.296 e. The summed E-state index contributed by atoms with van der Waals surface area (Å²) in [5, 5.41) is 11.9. The first-order valence-corrected chi connectivity index (χ1v) is 11.1. The van der Waals surface area contributed by atoms with E-state index in [2.05, 4.69) is 9.97 Å². The molecule has 1 N–H and O–H groups in total. The predicted octanol–water partition coefficient (Wildman–Crippen LogP) is 5.05. The average Bonchev–Trinajstić information content (AvgIpc) is 3.48. The molecule has 31 heavy (non-hydrogen) atoms. The fraction of sp³-hybridized carbons (Fsp3) is 0.182. The van der Waals surface area contributed by atoms with Gasteiger partial charge in [0.1, 0.15) is 11.8 Å². The highest BCUT2D eigenvalue weighted by molar-refractivity contribution is 7.22. The monoisotopic (exact) mass is 451 g/mol. The molecule has 7 nitrogen and oxygen atoms in total. The van der Waals surface area contributed by atoms with Crippen LogP contribution in [0.15, 0.2) is 52.3 Å². The van der Waals surface area contributed by atoms with Gasteiger partial charge in [0.15, 0.2) is 10.9 Å². The molecule has 1 unspecified atom stereocenters. The first-order chi connectivity index (χ1) is 14.8. The summed E-state index contributed by atoms with van der Waals surface area (Å²) in [5.74, 6) is -1.34. The molecule has 9 heteroatoms. The smallest absolute Gasteiger partial charge is 0.296 e. The number of ketones is 1. The maximum atomic E-state index is 13.5. The number of carbonyl (C=O) groups excluding carboxylic acids is 2. The average molecular weight is 452 g/mol. The van der Waals surface area contributed by atoms with E-state index in [9.17, 15) is 14.7 Å². The first kappa shape index (κ1) is 19.7. The number of rotatable bonds is 4. The number of thiazole rings is 2. The van der Waals surface area contributed by atoms with Crippen LogP contribution >= 0.6 is 22.7 Å². The molecule has 3 aromatic heterocycles. The number of fused-ring (bicyclic) bond motifs is 1. The molecule has 0 spiro atoms. The molecule has 0 fully saturated rings. The Morgan fingerprint density at radius 3 is 2.65 bits per heavy atom. The topological polar surface area (TPSA) is 96.5 Å². The van der Waals surface area contributed by atoms with Gasteiger partial charge in [0.05, 0.1) is 37.6 Å². The number of anilines is 1. The van der Waals surface area contributed by atoms with Crippen molar-refractivity contribution >= 4 is 49.7 Å². The fourth-order valence-electron chi connectivity index (χ4n) is 3.74. The van der Waals surface area contributed by atoms with Crippen LogP contribution < -0.4 is 4.90 Å². The van der Waals surface area contributed by atoms with E-state index < -0.39 is 23.5 Å². The van der Waals surface area contributed by atoms with E-state index in [0.717, 1.165) is 20.8 Å². The minimum atomic E-state index is -0.918. The minimum Gasteiger partial charge on any atom is -0.503 e. The number of aromatic nitrogens is 2. The highest BCUT2D eigenvalue weighted by Gasteiger charge is 2.47. The van der Waals surface area contributed by atoms with Gasteiger partial charge < -0.3 is 9.52 Å². The lowest BCUT2D eigenvalue weighted by atomic mass is 10.00. The molecule has 1 aliphatic heterocycles. The number of hydrogen-bond acceptors (Lipinski definition) is 8. The third kappa shape index (κ3) is 3.08. The third-order valence-electron chi connectivity index (χ3n) is 5.11. The Labute approximate surface area is 185 Å². The van der Waals surface area contributed by atoms with Crippen molar-refractivity contribution < 1.29 is 19.1 Å². The first-order valence-electron chi connectivity index (χ1n) is 9.51. The zero-order valence-electron chi connectivity index (χ0n) is 16.9. The van der Waals surface area contributed by atoms with Crippen molar-refractivity contribution in [2.45, 2.75) is 26.8 Å². The second-order valence-electron chi connectivity index (χ2n) is 7.30. The molecule has 0 saturated heterocycles. The van der Waals surface area contributed by atoms with Crippen LogP contribution in [0.25, 0.3) is 10.2 Å². The van der Waals surface area contributed by atoms with Crippen molar-refractivity contribution in [1.82, 2.24) is 9.97 Å². The van der Waals surface area contributed by atoms with Gasteiger partial charge in [-0.05, 0) is 50.6 Å². The van der Waals surface area contributed by atoms with Gasteiger partial charge in [-0.25, -0.2) is 9.97 Å². The summed E-state index contributed by atoms with van der Waals surface area (Å²) in [6.45, 7) is 5.53. The highest BCUT2D eigenvalue weighted by atomic mass is 32.1. The Balaban J connectivity index is 1.67. The molecule has 0 bridgehead atoms. The Kier molecular flexibility index (Phi) is 4.53. The Morgan fingerprint density at radius 1 is 1.16 bits per heavy atom. The second kappa shape index (κ2) is 7.14. The lowest BCUT2D eigenvalue weighted by Crippen LogP contribution is -2.30. The van der Waals surface area contributed by atoms with E-state index in [1.165, 1.54) is 33.8 Å². The van der Waals surface area contributed by atoms with E-state index in [4.69, 9.17) is 4.42 Å².